The zero-order valence-corrected chi connectivity index (χ0v) is 14.1. The summed E-state index contributed by atoms with van der Waals surface area (Å²) in [5.74, 6) is 0.377. The highest BCUT2D eigenvalue weighted by atomic mass is 79.9. The van der Waals surface area contributed by atoms with E-state index in [0.717, 1.165) is 28.6 Å². The van der Waals surface area contributed by atoms with Crippen molar-refractivity contribution in [3.8, 4) is 0 Å². The summed E-state index contributed by atoms with van der Waals surface area (Å²) >= 11 is 3.56. The van der Waals surface area contributed by atoms with Crippen LogP contribution in [-0.4, -0.2) is 5.91 Å². The second-order valence-electron chi connectivity index (χ2n) is 5.97. The Kier molecular flexibility index (Phi) is 5.64. The summed E-state index contributed by atoms with van der Waals surface area (Å²) in [7, 11) is 0. The molecule has 1 aliphatic carbocycles. The van der Waals surface area contributed by atoms with E-state index in [1.165, 1.54) is 37.7 Å². The maximum absolute atomic E-state index is 12.5. The molecule has 2 nitrogen and oxygen atoms in total. The maximum atomic E-state index is 12.5. The molecule has 1 amide bonds. The summed E-state index contributed by atoms with van der Waals surface area (Å²) in [4.78, 5) is 12.5. The van der Waals surface area contributed by atoms with Gasteiger partial charge in [0.1, 0.15) is 0 Å². The van der Waals surface area contributed by atoms with Gasteiger partial charge in [-0.1, -0.05) is 38.2 Å². The van der Waals surface area contributed by atoms with Crippen LogP contribution in [0.1, 0.15) is 56.1 Å². The van der Waals surface area contributed by atoms with E-state index in [4.69, 9.17) is 0 Å². The van der Waals surface area contributed by atoms with Gasteiger partial charge in [0.15, 0.2) is 0 Å². The van der Waals surface area contributed by atoms with Gasteiger partial charge in [-0.15, -0.1) is 0 Å². The number of nitrogens with one attached hydrogen (secondary N) is 1. The highest BCUT2D eigenvalue weighted by molar-refractivity contribution is 9.10. The van der Waals surface area contributed by atoms with Crippen molar-refractivity contribution in [3.05, 3.63) is 27.7 Å². The normalized spacial score (nSPS) is 17.4. The molecule has 0 aliphatic heterocycles. The molecule has 0 unspecified atom stereocenters. The number of carbonyl (C=O) groups is 1. The minimum atomic E-state index is 0.183. The predicted molar refractivity (Wildman–Crippen MR) is 88.1 cm³/mol. The molecule has 1 saturated carbocycles. The van der Waals surface area contributed by atoms with Crippen molar-refractivity contribution < 1.29 is 4.79 Å². The van der Waals surface area contributed by atoms with Crippen molar-refractivity contribution in [2.75, 3.05) is 5.32 Å². The minimum Gasteiger partial charge on any atom is -0.325 e. The van der Waals surface area contributed by atoms with Gasteiger partial charge in [-0.25, -0.2) is 0 Å². The van der Waals surface area contributed by atoms with Crippen molar-refractivity contribution in [1.29, 1.82) is 0 Å². The Morgan fingerprint density at radius 2 is 1.70 bits per heavy atom. The van der Waals surface area contributed by atoms with Crippen LogP contribution < -0.4 is 5.32 Å². The molecular weight excluding hydrogens is 314 g/mol. The lowest BCUT2D eigenvalue weighted by Gasteiger charge is -2.20. The molecule has 0 radical (unpaired) electrons. The van der Waals surface area contributed by atoms with Gasteiger partial charge in [0.2, 0.25) is 5.91 Å². The molecule has 1 fully saturated rings. The van der Waals surface area contributed by atoms with Crippen LogP contribution in [-0.2, 0) is 4.79 Å². The van der Waals surface area contributed by atoms with Crippen molar-refractivity contribution >= 4 is 27.5 Å². The lowest BCUT2D eigenvalue weighted by atomic mass is 9.90. The summed E-state index contributed by atoms with van der Waals surface area (Å²) in [6.07, 6.45) is 8.33. The summed E-state index contributed by atoms with van der Waals surface area (Å²) in [5.41, 5.74) is 3.26. The van der Waals surface area contributed by atoms with E-state index in [2.05, 4.69) is 40.3 Å². The zero-order chi connectivity index (χ0) is 14.5. The largest absolute Gasteiger partial charge is 0.325 e. The lowest BCUT2D eigenvalue weighted by molar-refractivity contribution is -0.120. The van der Waals surface area contributed by atoms with E-state index < -0.39 is 0 Å². The summed E-state index contributed by atoms with van der Waals surface area (Å²) in [6, 6.07) is 4.17. The smallest absolute Gasteiger partial charge is 0.227 e. The highest BCUT2D eigenvalue weighted by Gasteiger charge is 2.20. The van der Waals surface area contributed by atoms with Gasteiger partial charge in [0, 0.05) is 10.4 Å². The van der Waals surface area contributed by atoms with E-state index >= 15 is 0 Å². The lowest BCUT2D eigenvalue weighted by Crippen LogP contribution is -2.24. The summed E-state index contributed by atoms with van der Waals surface area (Å²) < 4.78 is 0.981. The molecule has 1 aromatic carbocycles. The monoisotopic (exact) mass is 337 g/mol. The number of halogens is 1. The van der Waals surface area contributed by atoms with Gasteiger partial charge in [-0.3, -0.25) is 4.79 Å². The Hall–Kier alpha value is -0.830. The summed E-state index contributed by atoms with van der Waals surface area (Å²) in [5, 5.41) is 3.14. The first-order valence-corrected chi connectivity index (χ1v) is 8.45. The van der Waals surface area contributed by atoms with Crippen LogP contribution in [0.4, 0.5) is 5.69 Å². The first-order chi connectivity index (χ1) is 9.58. The Morgan fingerprint density at radius 3 is 2.30 bits per heavy atom. The number of rotatable bonds is 2. The molecule has 1 aromatic rings. The number of carbonyl (C=O) groups excluding carboxylic acids is 1. The third-order valence-electron chi connectivity index (χ3n) is 4.16. The van der Waals surface area contributed by atoms with Crippen molar-refractivity contribution in [1.82, 2.24) is 0 Å². The van der Waals surface area contributed by atoms with Crippen molar-refractivity contribution in [3.63, 3.8) is 0 Å². The van der Waals surface area contributed by atoms with Crippen LogP contribution in [0, 0.1) is 19.8 Å². The van der Waals surface area contributed by atoms with Gasteiger partial charge in [0.05, 0.1) is 5.69 Å². The third kappa shape index (κ3) is 4.08. The molecule has 3 heteroatoms. The maximum Gasteiger partial charge on any atom is 0.227 e. The molecule has 0 spiro atoms. The fourth-order valence-electron chi connectivity index (χ4n) is 3.02. The molecule has 0 atom stereocenters. The van der Waals surface area contributed by atoms with Crippen molar-refractivity contribution in [2.24, 2.45) is 5.92 Å². The SMILES string of the molecule is Cc1cc(C)c(NC(=O)C2CCCCCCC2)c(Br)c1. The molecule has 1 aliphatic rings. The van der Waals surface area contributed by atoms with Gasteiger partial charge in [-0.05, 0) is 59.8 Å². The van der Waals surface area contributed by atoms with Crippen LogP contribution in [0.25, 0.3) is 0 Å². The summed E-state index contributed by atoms with van der Waals surface area (Å²) in [6.45, 7) is 4.11. The van der Waals surface area contributed by atoms with Crippen molar-refractivity contribution in [2.45, 2.75) is 58.8 Å². The molecule has 110 valence electrons. The Morgan fingerprint density at radius 1 is 1.10 bits per heavy atom. The molecule has 20 heavy (non-hydrogen) atoms. The first-order valence-electron chi connectivity index (χ1n) is 7.65. The fourth-order valence-corrected chi connectivity index (χ4v) is 3.79. The number of hydrogen-bond acceptors (Lipinski definition) is 1. The highest BCUT2D eigenvalue weighted by Crippen LogP contribution is 2.30. The standard InChI is InChI=1S/C17H24BrNO/c1-12-10-13(2)16(15(18)11-12)19-17(20)14-8-6-4-3-5-7-9-14/h10-11,14H,3-9H2,1-2H3,(H,19,20). The molecule has 0 saturated heterocycles. The molecule has 2 rings (SSSR count). The number of amides is 1. The van der Waals surface area contributed by atoms with Crippen LogP contribution >= 0.6 is 15.9 Å². The predicted octanol–water partition coefficient (Wildman–Crippen LogP) is 5.36. The topological polar surface area (TPSA) is 29.1 Å². The van der Waals surface area contributed by atoms with Crippen LogP contribution in [0.2, 0.25) is 0 Å². The molecule has 0 bridgehead atoms. The quantitative estimate of drug-likeness (QED) is 0.772. The van der Waals surface area contributed by atoms with E-state index in [1.807, 2.05) is 6.92 Å². The van der Waals surface area contributed by atoms with Crippen LogP contribution in [0.5, 0.6) is 0 Å². The second-order valence-corrected chi connectivity index (χ2v) is 6.82. The zero-order valence-electron chi connectivity index (χ0n) is 12.5. The average molecular weight is 338 g/mol. The number of anilines is 1. The molecule has 0 aromatic heterocycles. The average Bonchev–Trinajstić information content (AvgIpc) is 2.33. The number of hydrogen-bond donors (Lipinski definition) is 1. The van der Waals surface area contributed by atoms with Gasteiger partial charge < -0.3 is 5.32 Å². The number of benzene rings is 1. The Bertz CT molecular complexity index is 453. The first kappa shape index (κ1) is 15.6. The molecule has 1 N–H and O–H groups in total. The fraction of sp³-hybridized carbons (Fsp3) is 0.588. The Balaban J connectivity index is 2.06. The van der Waals surface area contributed by atoms with Crippen LogP contribution in [0.3, 0.4) is 0 Å². The van der Waals surface area contributed by atoms with Gasteiger partial charge in [0.25, 0.3) is 0 Å². The van der Waals surface area contributed by atoms with Gasteiger partial charge >= 0.3 is 0 Å². The Labute approximate surface area is 130 Å². The number of aryl methyl sites for hydroxylation is 2. The molecular formula is C17H24BrNO. The van der Waals surface area contributed by atoms with E-state index in [1.54, 1.807) is 0 Å². The minimum absolute atomic E-state index is 0.183. The van der Waals surface area contributed by atoms with E-state index in [0.29, 0.717) is 0 Å². The second kappa shape index (κ2) is 7.26. The van der Waals surface area contributed by atoms with E-state index in [9.17, 15) is 4.79 Å². The molecule has 0 heterocycles. The third-order valence-corrected chi connectivity index (χ3v) is 4.78. The van der Waals surface area contributed by atoms with E-state index in [-0.39, 0.29) is 11.8 Å². The van der Waals surface area contributed by atoms with Gasteiger partial charge in [-0.2, -0.15) is 0 Å². The van der Waals surface area contributed by atoms with Crippen LogP contribution in [0.15, 0.2) is 16.6 Å².